The van der Waals surface area contributed by atoms with Crippen molar-refractivity contribution in [2.75, 3.05) is 13.2 Å². The Kier molecular flexibility index (Phi) is 7.30. The van der Waals surface area contributed by atoms with Crippen molar-refractivity contribution < 1.29 is 19.1 Å². The Morgan fingerprint density at radius 2 is 1.88 bits per heavy atom. The second-order valence-corrected chi connectivity index (χ2v) is 14.2. The van der Waals surface area contributed by atoms with Crippen LogP contribution in [0, 0.1) is 0 Å². The zero-order valence-corrected chi connectivity index (χ0v) is 18.3. The molecule has 2 atom stereocenters. The Labute approximate surface area is 154 Å². The second kappa shape index (κ2) is 8.23. The van der Waals surface area contributed by atoms with Crippen LogP contribution >= 0.6 is 0 Å². The summed E-state index contributed by atoms with van der Waals surface area (Å²) in [7, 11) is -1.75. The number of rotatable bonds is 6. The van der Waals surface area contributed by atoms with E-state index in [4.69, 9.17) is 9.16 Å². The van der Waals surface area contributed by atoms with Gasteiger partial charge in [0.2, 0.25) is 0 Å². The maximum Gasteiger partial charge on any atom is 0.411 e. The summed E-state index contributed by atoms with van der Waals surface area (Å²) in [5.74, 6) is 0. The number of hydrogen-bond donors (Lipinski definition) is 1. The Hall–Kier alpha value is -0.853. The average molecular weight is 372 g/mol. The molecule has 1 amide bonds. The van der Waals surface area contributed by atoms with Gasteiger partial charge in [-0.3, -0.25) is 4.90 Å². The van der Waals surface area contributed by atoms with Gasteiger partial charge in [-0.25, -0.2) is 4.79 Å². The second-order valence-electron chi connectivity index (χ2n) is 9.37. The smallest absolute Gasteiger partial charge is 0.411 e. The van der Waals surface area contributed by atoms with E-state index in [1.165, 1.54) is 0 Å². The number of carbonyl (C=O) groups excluding carboxylic acids is 1. The summed E-state index contributed by atoms with van der Waals surface area (Å²) >= 11 is 0. The summed E-state index contributed by atoms with van der Waals surface area (Å²) in [5.41, 5.74) is -0.536. The molecule has 0 spiro atoms. The summed E-state index contributed by atoms with van der Waals surface area (Å²) in [6.45, 7) is 17.8. The molecule has 0 aliphatic carbocycles. The molecule has 1 aliphatic rings. The summed E-state index contributed by atoms with van der Waals surface area (Å²) in [6, 6.07) is -0.317. The lowest BCUT2D eigenvalue weighted by atomic mass is 10.1. The normalized spacial score (nSPS) is 20.0. The van der Waals surface area contributed by atoms with Gasteiger partial charge < -0.3 is 14.3 Å². The first-order chi connectivity index (χ1) is 11.2. The highest BCUT2D eigenvalue weighted by Gasteiger charge is 2.37. The molecule has 0 bridgehead atoms. The van der Waals surface area contributed by atoms with E-state index >= 15 is 0 Å². The van der Waals surface area contributed by atoms with Crippen molar-refractivity contribution in [2.45, 2.75) is 90.3 Å². The van der Waals surface area contributed by atoms with Crippen molar-refractivity contribution in [3.63, 3.8) is 0 Å². The molecule has 0 saturated carbocycles. The molecule has 0 aromatic carbocycles. The summed E-state index contributed by atoms with van der Waals surface area (Å²) < 4.78 is 11.6. The molecule has 0 aromatic rings. The lowest BCUT2D eigenvalue weighted by Crippen LogP contribution is -2.45. The fourth-order valence-electron chi connectivity index (χ4n) is 2.40. The molecule has 5 nitrogen and oxygen atoms in total. The van der Waals surface area contributed by atoms with Crippen LogP contribution in [0.5, 0.6) is 0 Å². The van der Waals surface area contributed by atoms with Crippen LogP contribution in [0.15, 0.2) is 12.2 Å². The number of aliphatic hydroxyl groups is 1. The van der Waals surface area contributed by atoms with E-state index in [2.05, 4.69) is 33.9 Å². The molecule has 1 rings (SSSR count). The van der Waals surface area contributed by atoms with Gasteiger partial charge in [-0.15, -0.1) is 0 Å². The van der Waals surface area contributed by atoms with Crippen LogP contribution in [0.1, 0.15) is 54.4 Å². The highest BCUT2D eigenvalue weighted by atomic mass is 28.4. The largest absolute Gasteiger partial charge is 0.444 e. The monoisotopic (exact) mass is 371 g/mol. The van der Waals surface area contributed by atoms with Gasteiger partial charge in [0.15, 0.2) is 8.32 Å². The van der Waals surface area contributed by atoms with Gasteiger partial charge in [0.1, 0.15) is 5.60 Å². The fraction of sp³-hybridized carbons (Fsp3) is 0.842. The highest BCUT2D eigenvalue weighted by molar-refractivity contribution is 6.74. The van der Waals surface area contributed by atoms with Gasteiger partial charge in [-0.1, -0.05) is 32.9 Å². The molecule has 0 fully saturated rings. The van der Waals surface area contributed by atoms with Crippen LogP contribution in [0.2, 0.25) is 18.1 Å². The standard InChI is InChI=1S/C19H37NO4Si/c1-18(2,3)24-17(22)20-13-9-11-15(20)16(21)12-10-14-23-25(7,8)19(4,5)6/h9,11,15-16,21H,10,12-14H2,1-8H3/t15-,16-/m0/s1. The summed E-state index contributed by atoms with van der Waals surface area (Å²) in [4.78, 5) is 13.9. The molecular formula is C19H37NO4Si. The van der Waals surface area contributed by atoms with Crippen molar-refractivity contribution in [2.24, 2.45) is 0 Å². The van der Waals surface area contributed by atoms with Crippen molar-refractivity contribution in [1.82, 2.24) is 4.90 Å². The van der Waals surface area contributed by atoms with E-state index in [9.17, 15) is 9.90 Å². The number of ether oxygens (including phenoxy) is 1. The molecule has 0 unspecified atom stereocenters. The molecule has 25 heavy (non-hydrogen) atoms. The molecule has 1 N–H and O–H groups in total. The average Bonchev–Trinajstić information content (AvgIpc) is 2.89. The van der Waals surface area contributed by atoms with Gasteiger partial charge in [-0.05, 0) is 51.7 Å². The van der Waals surface area contributed by atoms with E-state index in [-0.39, 0.29) is 17.2 Å². The number of amides is 1. The van der Waals surface area contributed by atoms with Gasteiger partial charge in [0.25, 0.3) is 0 Å². The number of carbonyl (C=O) groups is 1. The molecule has 0 saturated heterocycles. The van der Waals surface area contributed by atoms with Gasteiger partial charge >= 0.3 is 6.09 Å². The van der Waals surface area contributed by atoms with E-state index in [0.717, 1.165) is 6.42 Å². The summed E-state index contributed by atoms with van der Waals surface area (Å²) in [5, 5.41) is 10.7. The number of hydrogen-bond acceptors (Lipinski definition) is 4. The molecule has 0 aromatic heterocycles. The van der Waals surface area contributed by atoms with Crippen molar-refractivity contribution in [1.29, 1.82) is 0 Å². The third-order valence-electron chi connectivity index (χ3n) is 4.93. The topological polar surface area (TPSA) is 59.0 Å². The Balaban J connectivity index is 2.47. The van der Waals surface area contributed by atoms with E-state index in [1.54, 1.807) is 4.90 Å². The van der Waals surface area contributed by atoms with Crippen LogP contribution in [0.25, 0.3) is 0 Å². The van der Waals surface area contributed by atoms with E-state index in [1.807, 2.05) is 32.9 Å². The van der Waals surface area contributed by atoms with Crippen molar-refractivity contribution in [3.8, 4) is 0 Å². The third-order valence-corrected chi connectivity index (χ3v) is 9.47. The molecular weight excluding hydrogens is 334 g/mol. The van der Waals surface area contributed by atoms with Gasteiger partial charge in [0, 0.05) is 13.2 Å². The fourth-order valence-corrected chi connectivity index (χ4v) is 3.49. The molecule has 146 valence electrons. The van der Waals surface area contributed by atoms with Crippen molar-refractivity contribution in [3.05, 3.63) is 12.2 Å². The molecule has 1 heterocycles. The predicted molar refractivity (Wildman–Crippen MR) is 104 cm³/mol. The Bertz CT molecular complexity index is 477. The first kappa shape index (κ1) is 22.2. The van der Waals surface area contributed by atoms with Gasteiger partial charge in [0.05, 0.1) is 12.1 Å². The maximum atomic E-state index is 12.3. The van der Waals surface area contributed by atoms with Crippen LogP contribution < -0.4 is 0 Å². The van der Waals surface area contributed by atoms with E-state index < -0.39 is 20.0 Å². The number of aliphatic hydroxyl groups excluding tert-OH is 1. The van der Waals surface area contributed by atoms with Crippen LogP contribution in [0.4, 0.5) is 4.79 Å². The minimum Gasteiger partial charge on any atom is -0.444 e. The zero-order chi connectivity index (χ0) is 19.5. The molecule has 6 heteroatoms. The van der Waals surface area contributed by atoms with Crippen molar-refractivity contribution >= 4 is 14.4 Å². The lowest BCUT2D eigenvalue weighted by molar-refractivity contribution is 0.00749. The zero-order valence-electron chi connectivity index (χ0n) is 17.3. The Morgan fingerprint density at radius 3 is 2.40 bits per heavy atom. The number of nitrogens with zero attached hydrogens (tertiary/aromatic N) is 1. The lowest BCUT2D eigenvalue weighted by Gasteiger charge is -2.36. The minimum absolute atomic E-state index is 0.188. The third kappa shape index (κ3) is 6.75. The van der Waals surface area contributed by atoms with E-state index in [0.29, 0.717) is 19.6 Å². The van der Waals surface area contributed by atoms with Gasteiger partial charge in [-0.2, -0.15) is 0 Å². The first-order valence-electron chi connectivity index (χ1n) is 9.23. The quantitative estimate of drug-likeness (QED) is 0.429. The molecule has 0 radical (unpaired) electrons. The van der Waals surface area contributed by atoms with Crippen LogP contribution in [0.3, 0.4) is 0 Å². The highest BCUT2D eigenvalue weighted by Crippen LogP contribution is 2.36. The Morgan fingerprint density at radius 1 is 1.28 bits per heavy atom. The predicted octanol–water partition coefficient (Wildman–Crippen LogP) is 4.32. The summed E-state index contributed by atoms with van der Waals surface area (Å²) in [6.07, 6.45) is 4.20. The SMILES string of the molecule is CC(C)(C)OC(=O)N1CC=C[C@H]1[C@@H](O)CCCO[Si](C)(C)C(C)(C)C. The minimum atomic E-state index is -1.75. The molecule has 1 aliphatic heterocycles. The van der Waals surface area contributed by atoms with Crippen LogP contribution in [-0.4, -0.2) is 55.3 Å². The van der Waals surface area contributed by atoms with Crippen LogP contribution in [-0.2, 0) is 9.16 Å². The first-order valence-corrected chi connectivity index (χ1v) is 12.1. The maximum absolute atomic E-state index is 12.3.